The van der Waals surface area contributed by atoms with E-state index in [-0.39, 0.29) is 5.56 Å². The van der Waals surface area contributed by atoms with E-state index in [4.69, 9.17) is 0 Å². The van der Waals surface area contributed by atoms with Crippen molar-refractivity contribution >= 4 is 16.6 Å². The first-order valence-electron chi connectivity index (χ1n) is 4.67. The number of fused-ring (bicyclic) bond motifs is 1. The van der Waals surface area contributed by atoms with Crippen LogP contribution in [-0.4, -0.2) is 11.5 Å². The Balaban J connectivity index is 2.71. The molecule has 3 heteroatoms. The smallest absolute Gasteiger partial charge is 0.248 e. The van der Waals surface area contributed by atoms with Crippen LogP contribution < -0.4 is 10.9 Å². The number of rotatable bonds is 2. The first-order valence-corrected chi connectivity index (χ1v) is 4.67. The molecule has 1 aromatic heterocycles. The zero-order valence-electron chi connectivity index (χ0n) is 8.00. The van der Waals surface area contributed by atoms with E-state index in [0.29, 0.717) is 0 Å². The van der Waals surface area contributed by atoms with Gasteiger partial charge < -0.3 is 10.3 Å². The van der Waals surface area contributed by atoms with Crippen molar-refractivity contribution in [1.82, 2.24) is 4.98 Å². The summed E-state index contributed by atoms with van der Waals surface area (Å²) in [7, 11) is 0. The van der Waals surface area contributed by atoms with E-state index >= 15 is 0 Å². The number of pyridine rings is 1. The number of aromatic amines is 1. The van der Waals surface area contributed by atoms with Gasteiger partial charge in [0.1, 0.15) is 0 Å². The normalized spacial score (nSPS) is 10.4. The molecule has 2 N–H and O–H groups in total. The van der Waals surface area contributed by atoms with Gasteiger partial charge in [0.2, 0.25) is 5.56 Å². The summed E-state index contributed by atoms with van der Waals surface area (Å²) in [6.07, 6.45) is 0. The summed E-state index contributed by atoms with van der Waals surface area (Å²) in [5.41, 5.74) is 1.78. The molecule has 0 saturated carbocycles. The van der Waals surface area contributed by atoms with Crippen LogP contribution in [0, 0.1) is 0 Å². The molecule has 0 unspecified atom stereocenters. The lowest BCUT2D eigenvalue weighted by atomic mass is 10.2. The van der Waals surface area contributed by atoms with Gasteiger partial charge in [-0.15, -0.1) is 0 Å². The third-order valence-corrected chi connectivity index (χ3v) is 2.13. The van der Waals surface area contributed by atoms with Crippen LogP contribution in [0.3, 0.4) is 0 Å². The highest BCUT2D eigenvalue weighted by Gasteiger charge is 1.99. The zero-order valence-corrected chi connectivity index (χ0v) is 8.00. The molecule has 0 aliphatic carbocycles. The molecular formula is C11H12N2O. The predicted octanol–water partition coefficient (Wildman–Crippen LogP) is 1.96. The molecule has 0 aliphatic rings. The summed E-state index contributed by atoms with van der Waals surface area (Å²) in [5, 5.41) is 4.25. The molecule has 72 valence electrons. The standard InChI is InChI=1S/C11H12N2O/c1-2-12-9-5-3-4-8-6-7-10(14)13-11(8)9/h3-7,12H,2H2,1H3,(H,13,14). The van der Waals surface area contributed by atoms with Crippen LogP contribution in [0.2, 0.25) is 0 Å². The van der Waals surface area contributed by atoms with Crippen LogP contribution in [0.4, 0.5) is 5.69 Å². The van der Waals surface area contributed by atoms with E-state index in [0.717, 1.165) is 23.1 Å². The van der Waals surface area contributed by atoms with Gasteiger partial charge >= 0.3 is 0 Å². The van der Waals surface area contributed by atoms with E-state index in [1.807, 2.05) is 31.2 Å². The molecule has 3 nitrogen and oxygen atoms in total. The first-order chi connectivity index (χ1) is 6.81. The molecule has 0 fully saturated rings. The number of hydrogen-bond acceptors (Lipinski definition) is 2. The number of H-pyrrole nitrogens is 1. The SMILES string of the molecule is CCNc1cccc2ccc(=O)[nH]c12. The predicted molar refractivity (Wildman–Crippen MR) is 58.7 cm³/mol. The molecule has 1 heterocycles. The minimum Gasteiger partial charge on any atom is -0.384 e. The molecule has 0 radical (unpaired) electrons. The fraction of sp³-hybridized carbons (Fsp3) is 0.182. The lowest BCUT2D eigenvalue weighted by Crippen LogP contribution is -2.05. The van der Waals surface area contributed by atoms with Gasteiger partial charge in [-0.3, -0.25) is 4.79 Å². The molecule has 0 amide bonds. The van der Waals surface area contributed by atoms with Gasteiger partial charge in [0.15, 0.2) is 0 Å². The Morgan fingerprint density at radius 1 is 1.29 bits per heavy atom. The maximum absolute atomic E-state index is 11.2. The number of hydrogen-bond donors (Lipinski definition) is 2. The molecule has 14 heavy (non-hydrogen) atoms. The fourth-order valence-corrected chi connectivity index (χ4v) is 1.52. The van der Waals surface area contributed by atoms with Crippen molar-refractivity contribution in [3.05, 3.63) is 40.7 Å². The average Bonchev–Trinajstić information content (AvgIpc) is 2.19. The molecule has 2 aromatic rings. The van der Waals surface area contributed by atoms with Crippen molar-refractivity contribution in [2.24, 2.45) is 0 Å². The van der Waals surface area contributed by atoms with Crippen LogP contribution in [0.25, 0.3) is 10.9 Å². The van der Waals surface area contributed by atoms with Crippen LogP contribution in [0.5, 0.6) is 0 Å². The molecule has 0 atom stereocenters. The zero-order chi connectivity index (χ0) is 9.97. The van der Waals surface area contributed by atoms with E-state index in [9.17, 15) is 4.79 Å². The summed E-state index contributed by atoms with van der Waals surface area (Å²) in [4.78, 5) is 14.0. The van der Waals surface area contributed by atoms with E-state index in [1.54, 1.807) is 0 Å². The number of para-hydroxylation sites is 1. The number of nitrogens with one attached hydrogen (secondary N) is 2. The molecular weight excluding hydrogens is 176 g/mol. The summed E-state index contributed by atoms with van der Waals surface area (Å²) in [6, 6.07) is 9.28. The van der Waals surface area contributed by atoms with Crippen molar-refractivity contribution in [3.8, 4) is 0 Å². The number of benzene rings is 1. The molecule has 2 rings (SSSR count). The largest absolute Gasteiger partial charge is 0.384 e. The van der Waals surface area contributed by atoms with E-state index in [1.165, 1.54) is 6.07 Å². The maximum Gasteiger partial charge on any atom is 0.248 e. The molecule has 1 aromatic carbocycles. The Labute approximate surface area is 81.8 Å². The van der Waals surface area contributed by atoms with Crippen molar-refractivity contribution in [2.45, 2.75) is 6.92 Å². The van der Waals surface area contributed by atoms with Gasteiger partial charge in [0.05, 0.1) is 11.2 Å². The van der Waals surface area contributed by atoms with Crippen LogP contribution in [0.1, 0.15) is 6.92 Å². The Bertz CT molecular complexity index is 502. The van der Waals surface area contributed by atoms with E-state index in [2.05, 4.69) is 10.3 Å². The Hall–Kier alpha value is -1.77. The third kappa shape index (κ3) is 1.48. The minimum atomic E-state index is -0.0668. The maximum atomic E-state index is 11.2. The summed E-state index contributed by atoms with van der Waals surface area (Å²) in [6.45, 7) is 2.87. The van der Waals surface area contributed by atoms with Crippen molar-refractivity contribution < 1.29 is 0 Å². The second kappa shape index (κ2) is 3.54. The van der Waals surface area contributed by atoms with Crippen LogP contribution in [-0.2, 0) is 0 Å². The molecule has 0 bridgehead atoms. The quantitative estimate of drug-likeness (QED) is 0.756. The highest BCUT2D eigenvalue weighted by atomic mass is 16.1. The molecule has 0 aliphatic heterocycles. The van der Waals surface area contributed by atoms with Crippen LogP contribution in [0.15, 0.2) is 35.1 Å². The number of anilines is 1. The average molecular weight is 188 g/mol. The fourth-order valence-electron chi connectivity index (χ4n) is 1.52. The summed E-state index contributed by atoms with van der Waals surface area (Å²) < 4.78 is 0. The monoisotopic (exact) mass is 188 g/mol. The van der Waals surface area contributed by atoms with Crippen molar-refractivity contribution in [3.63, 3.8) is 0 Å². The number of aromatic nitrogens is 1. The van der Waals surface area contributed by atoms with Gasteiger partial charge in [-0.25, -0.2) is 0 Å². The Kier molecular flexibility index (Phi) is 2.23. The van der Waals surface area contributed by atoms with Gasteiger partial charge in [-0.2, -0.15) is 0 Å². The minimum absolute atomic E-state index is 0.0668. The topological polar surface area (TPSA) is 44.9 Å². The lowest BCUT2D eigenvalue weighted by molar-refractivity contribution is 1.21. The second-order valence-electron chi connectivity index (χ2n) is 3.12. The van der Waals surface area contributed by atoms with Gasteiger partial charge in [0.25, 0.3) is 0 Å². The third-order valence-electron chi connectivity index (χ3n) is 2.13. The summed E-state index contributed by atoms with van der Waals surface area (Å²) in [5.74, 6) is 0. The highest BCUT2D eigenvalue weighted by molar-refractivity contribution is 5.90. The Morgan fingerprint density at radius 3 is 2.93 bits per heavy atom. The van der Waals surface area contributed by atoms with Gasteiger partial charge in [-0.05, 0) is 19.1 Å². The van der Waals surface area contributed by atoms with Crippen molar-refractivity contribution in [1.29, 1.82) is 0 Å². The molecule has 0 saturated heterocycles. The lowest BCUT2D eigenvalue weighted by Gasteiger charge is -2.06. The summed E-state index contributed by atoms with van der Waals surface area (Å²) >= 11 is 0. The molecule has 0 spiro atoms. The Morgan fingerprint density at radius 2 is 2.14 bits per heavy atom. The first kappa shape index (κ1) is 8.81. The second-order valence-corrected chi connectivity index (χ2v) is 3.12. The van der Waals surface area contributed by atoms with E-state index < -0.39 is 0 Å². The highest BCUT2D eigenvalue weighted by Crippen LogP contribution is 2.18. The van der Waals surface area contributed by atoms with Crippen LogP contribution >= 0.6 is 0 Å². The van der Waals surface area contributed by atoms with Gasteiger partial charge in [-0.1, -0.05) is 12.1 Å². The van der Waals surface area contributed by atoms with Gasteiger partial charge in [0, 0.05) is 18.0 Å². The van der Waals surface area contributed by atoms with Crippen molar-refractivity contribution in [2.75, 3.05) is 11.9 Å².